The summed E-state index contributed by atoms with van der Waals surface area (Å²) in [7, 11) is 0. The normalized spacial score (nSPS) is 26.4. The van der Waals surface area contributed by atoms with Gasteiger partial charge in [-0.15, -0.1) is 0 Å². The summed E-state index contributed by atoms with van der Waals surface area (Å²) in [5, 5.41) is 9.16. The van der Waals surface area contributed by atoms with E-state index in [2.05, 4.69) is 4.90 Å². The lowest BCUT2D eigenvalue weighted by atomic mass is 10.0. The number of aromatic carboxylic acids is 1. The second-order valence-electron chi connectivity index (χ2n) is 5.32. The van der Waals surface area contributed by atoms with E-state index < -0.39 is 11.8 Å². The molecule has 1 saturated heterocycles. The van der Waals surface area contributed by atoms with Crippen LogP contribution in [-0.2, 0) is 0 Å². The number of hydrogen-bond donors (Lipinski definition) is 1. The molecule has 3 nitrogen and oxygen atoms in total. The van der Waals surface area contributed by atoms with Crippen molar-refractivity contribution in [2.45, 2.75) is 19.3 Å². The van der Waals surface area contributed by atoms with Crippen LogP contribution in [0.4, 0.5) is 10.1 Å². The Morgan fingerprint density at radius 1 is 1.28 bits per heavy atom. The molecule has 1 N–H and O–H groups in total. The average Bonchev–Trinajstić information content (AvgIpc) is 2.88. The summed E-state index contributed by atoms with van der Waals surface area (Å²) in [6, 6.07) is 4.06. The van der Waals surface area contributed by atoms with Crippen LogP contribution in [0.1, 0.15) is 29.6 Å². The molecule has 0 bridgehead atoms. The van der Waals surface area contributed by atoms with Gasteiger partial charge in [0.2, 0.25) is 0 Å². The maximum Gasteiger partial charge on any atom is 0.337 e. The van der Waals surface area contributed by atoms with Crippen molar-refractivity contribution in [1.29, 1.82) is 0 Å². The lowest BCUT2D eigenvalue weighted by Gasteiger charge is -2.21. The Kier molecular flexibility index (Phi) is 2.73. The van der Waals surface area contributed by atoms with Gasteiger partial charge in [0.15, 0.2) is 0 Å². The first-order valence-corrected chi connectivity index (χ1v) is 6.43. The minimum Gasteiger partial charge on any atom is -0.478 e. The molecule has 2 unspecified atom stereocenters. The molecular formula is C14H16FNO2. The molecule has 18 heavy (non-hydrogen) atoms. The summed E-state index contributed by atoms with van der Waals surface area (Å²) in [5.41, 5.74) is 0.744. The van der Waals surface area contributed by atoms with Gasteiger partial charge in [0, 0.05) is 13.1 Å². The van der Waals surface area contributed by atoms with E-state index >= 15 is 0 Å². The third-order valence-corrected chi connectivity index (χ3v) is 4.26. The molecule has 1 heterocycles. The Morgan fingerprint density at radius 2 is 1.94 bits per heavy atom. The fourth-order valence-electron chi connectivity index (χ4n) is 3.39. The van der Waals surface area contributed by atoms with Crippen molar-refractivity contribution in [3.63, 3.8) is 0 Å². The average molecular weight is 249 g/mol. The zero-order valence-electron chi connectivity index (χ0n) is 10.1. The fraction of sp³-hybridized carbons (Fsp3) is 0.500. The molecular weight excluding hydrogens is 233 g/mol. The standard InChI is InChI=1S/C14H16FNO2/c15-11-4-5-13(12(6-11)14(17)18)16-7-9-2-1-3-10(9)8-16/h4-6,9-10H,1-3,7-8H2,(H,17,18). The lowest BCUT2D eigenvalue weighted by molar-refractivity contribution is 0.0697. The maximum atomic E-state index is 13.1. The first-order valence-electron chi connectivity index (χ1n) is 6.43. The van der Waals surface area contributed by atoms with E-state index in [1.165, 1.54) is 25.3 Å². The maximum absolute atomic E-state index is 13.1. The van der Waals surface area contributed by atoms with Gasteiger partial charge < -0.3 is 10.0 Å². The smallest absolute Gasteiger partial charge is 0.337 e. The van der Waals surface area contributed by atoms with Gasteiger partial charge in [0.25, 0.3) is 0 Å². The molecule has 2 atom stereocenters. The minimum atomic E-state index is -1.05. The molecule has 1 aliphatic heterocycles. The summed E-state index contributed by atoms with van der Waals surface area (Å²) >= 11 is 0. The molecule has 1 saturated carbocycles. The first kappa shape index (κ1) is 11.5. The van der Waals surface area contributed by atoms with Crippen LogP contribution in [0.25, 0.3) is 0 Å². The monoisotopic (exact) mass is 249 g/mol. The fourth-order valence-corrected chi connectivity index (χ4v) is 3.39. The molecule has 1 aromatic rings. The number of carbonyl (C=O) groups is 1. The molecule has 1 aliphatic carbocycles. The second-order valence-corrected chi connectivity index (χ2v) is 5.32. The SMILES string of the molecule is O=C(O)c1cc(F)ccc1N1CC2CCCC2C1. The summed E-state index contributed by atoms with van der Waals surface area (Å²) < 4.78 is 13.1. The number of rotatable bonds is 2. The summed E-state index contributed by atoms with van der Waals surface area (Å²) in [6.45, 7) is 1.83. The molecule has 0 aromatic heterocycles. The molecule has 0 spiro atoms. The molecule has 1 aromatic carbocycles. The van der Waals surface area contributed by atoms with Gasteiger partial charge in [-0.1, -0.05) is 6.42 Å². The highest BCUT2D eigenvalue weighted by Crippen LogP contribution is 2.40. The molecule has 3 rings (SSSR count). The predicted octanol–water partition coefficient (Wildman–Crippen LogP) is 2.76. The van der Waals surface area contributed by atoms with E-state index in [1.807, 2.05) is 0 Å². The second kappa shape index (κ2) is 4.26. The van der Waals surface area contributed by atoms with E-state index in [0.717, 1.165) is 19.2 Å². The van der Waals surface area contributed by atoms with Crippen LogP contribution in [-0.4, -0.2) is 24.2 Å². The van der Waals surface area contributed by atoms with E-state index in [1.54, 1.807) is 6.07 Å². The van der Waals surface area contributed by atoms with Crippen molar-refractivity contribution in [2.75, 3.05) is 18.0 Å². The van der Waals surface area contributed by atoms with Crippen LogP contribution in [0.3, 0.4) is 0 Å². The summed E-state index contributed by atoms with van der Waals surface area (Å²) in [5.74, 6) is -0.162. The van der Waals surface area contributed by atoms with Crippen LogP contribution < -0.4 is 4.90 Å². The van der Waals surface area contributed by atoms with E-state index in [9.17, 15) is 9.18 Å². The number of carboxylic acid groups (broad SMARTS) is 1. The van der Waals surface area contributed by atoms with Gasteiger partial charge in [-0.2, -0.15) is 0 Å². The Balaban J connectivity index is 1.90. The number of halogens is 1. The van der Waals surface area contributed by atoms with Crippen LogP contribution in [0.5, 0.6) is 0 Å². The molecule has 0 amide bonds. The van der Waals surface area contributed by atoms with Crippen molar-refractivity contribution >= 4 is 11.7 Å². The van der Waals surface area contributed by atoms with Crippen LogP contribution >= 0.6 is 0 Å². The number of carboxylic acids is 1. The highest BCUT2D eigenvalue weighted by atomic mass is 19.1. The lowest BCUT2D eigenvalue weighted by Crippen LogP contribution is -2.23. The van der Waals surface area contributed by atoms with Gasteiger partial charge in [-0.3, -0.25) is 0 Å². The van der Waals surface area contributed by atoms with Crippen molar-refractivity contribution in [2.24, 2.45) is 11.8 Å². The third-order valence-electron chi connectivity index (χ3n) is 4.26. The highest BCUT2D eigenvalue weighted by Gasteiger charge is 2.37. The number of nitrogens with zero attached hydrogens (tertiary/aromatic N) is 1. The van der Waals surface area contributed by atoms with Gasteiger partial charge in [0.05, 0.1) is 11.3 Å². The van der Waals surface area contributed by atoms with Crippen molar-refractivity contribution in [1.82, 2.24) is 0 Å². The Morgan fingerprint density at radius 3 is 2.56 bits per heavy atom. The summed E-state index contributed by atoms with van der Waals surface area (Å²) in [6.07, 6.45) is 3.77. The van der Waals surface area contributed by atoms with Gasteiger partial charge in [-0.05, 0) is 42.9 Å². The predicted molar refractivity (Wildman–Crippen MR) is 66.4 cm³/mol. The molecule has 2 aliphatic rings. The van der Waals surface area contributed by atoms with Gasteiger partial charge in [-0.25, -0.2) is 9.18 Å². The van der Waals surface area contributed by atoms with E-state index in [0.29, 0.717) is 17.5 Å². The van der Waals surface area contributed by atoms with Gasteiger partial charge in [0.1, 0.15) is 5.82 Å². The van der Waals surface area contributed by atoms with Crippen molar-refractivity contribution in [3.05, 3.63) is 29.6 Å². The van der Waals surface area contributed by atoms with Crippen molar-refractivity contribution in [3.8, 4) is 0 Å². The number of hydrogen-bond acceptors (Lipinski definition) is 2. The quantitative estimate of drug-likeness (QED) is 0.876. The topological polar surface area (TPSA) is 40.5 Å². The Hall–Kier alpha value is -1.58. The van der Waals surface area contributed by atoms with E-state index in [4.69, 9.17) is 5.11 Å². The van der Waals surface area contributed by atoms with Crippen LogP contribution in [0.15, 0.2) is 18.2 Å². The van der Waals surface area contributed by atoms with Gasteiger partial charge >= 0.3 is 5.97 Å². The first-order chi connectivity index (χ1) is 8.65. The van der Waals surface area contributed by atoms with Crippen molar-refractivity contribution < 1.29 is 14.3 Å². The number of anilines is 1. The highest BCUT2D eigenvalue weighted by molar-refractivity contribution is 5.94. The number of benzene rings is 1. The zero-order chi connectivity index (χ0) is 12.7. The minimum absolute atomic E-state index is 0.0787. The molecule has 4 heteroatoms. The van der Waals surface area contributed by atoms with Crippen LogP contribution in [0.2, 0.25) is 0 Å². The van der Waals surface area contributed by atoms with E-state index in [-0.39, 0.29) is 5.56 Å². The third kappa shape index (κ3) is 1.85. The largest absolute Gasteiger partial charge is 0.478 e. The molecule has 2 fully saturated rings. The van der Waals surface area contributed by atoms with Crippen LogP contribution in [0, 0.1) is 17.7 Å². The summed E-state index contributed by atoms with van der Waals surface area (Å²) in [4.78, 5) is 13.3. The molecule has 96 valence electrons. The molecule has 0 radical (unpaired) electrons. The Labute approximate surface area is 105 Å². The Bertz CT molecular complexity index is 477. The number of fused-ring (bicyclic) bond motifs is 1. The zero-order valence-corrected chi connectivity index (χ0v) is 10.1.